The third-order valence-electron chi connectivity index (χ3n) is 4.99. The smallest absolute Gasteiger partial charge is 0.255 e. The van der Waals surface area contributed by atoms with E-state index in [0.717, 1.165) is 9.87 Å². The molecule has 0 heterocycles. The Bertz CT molecular complexity index is 1240. The third-order valence-corrected chi connectivity index (χ3v) is 6.80. The molecule has 3 aromatic rings. The Balaban J connectivity index is 1.77. The van der Waals surface area contributed by atoms with Crippen molar-refractivity contribution < 1.29 is 27.4 Å². The summed E-state index contributed by atoms with van der Waals surface area (Å²) in [7, 11) is 0.565. The minimum Gasteiger partial charge on any atom is -0.493 e. The number of hydrogen-bond donors (Lipinski definition) is 1. The number of carbonyl (C=O) groups is 1. The van der Waals surface area contributed by atoms with Crippen LogP contribution in [0.15, 0.2) is 82.8 Å². The molecule has 0 spiro atoms. The second kappa shape index (κ2) is 12.0. The number of carbonyl (C=O) groups excluding carboxylic acids is 1. The Morgan fingerprint density at radius 2 is 1.49 bits per heavy atom. The molecule has 0 aliphatic heterocycles. The first-order chi connectivity index (χ1) is 16.9. The SMILES string of the molecule is COc1cc(/C=N\NC(=O)CN(Cc2ccccc2)S(=O)(=O)c2ccccc2)cc(OC)c1OC. The van der Waals surface area contributed by atoms with Crippen LogP contribution >= 0.6 is 0 Å². The predicted molar refractivity (Wildman–Crippen MR) is 132 cm³/mol. The lowest BCUT2D eigenvalue weighted by molar-refractivity contribution is -0.121. The summed E-state index contributed by atoms with van der Waals surface area (Å²) >= 11 is 0. The summed E-state index contributed by atoms with van der Waals surface area (Å²) in [5.74, 6) is 0.702. The van der Waals surface area contributed by atoms with Gasteiger partial charge >= 0.3 is 0 Å². The van der Waals surface area contributed by atoms with Gasteiger partial charge in [0.25, 0.3) is 5.91 Å². The van der Waals surface area contributed by atoms with Gasteiger partial charge < -0.3 is 14.2 Å². The summed E-state index contributed by atoms with van der Waals surface area (Å²) < 4.78 is 43.5. The molecule has 0 aliphatic carbocycles. The summed E-state index contributed by atoms with van der Waals surface area (Å²) in [4.78, 5) is 12.8. The van der Waals surface area contributed by atoms with Crippen molar-refractivity contribution >= 4 is 22.1 Å². The summed E-state index contributed by atoms with van der Waals surface area (Å²) in [6.45, 7) is -0.388. The standard InChI is InChI=1S/C25H27N3O6S/c1-32-22-14-20(15-23(33-2)25(22)34-3)16-26-27-24(29)18-28(17-19-10-6-4-7-11-19)35(30,31)21-12-8-5-9-13-21/h4-16H,17-18H2,1-3H3,(H,27,29)/b26-16-. The van der Waals surface area contributed by atoms with Crippen molar-refractivity contribution in [3.8, 4) is 17.2 Å². The number of nitrogens with zero attached hydrogens (tertiary/aromatic N) is 2. The molecule has 0 unspecified atom stereocenters. The highest BCUT2D eigenvalue weighted by molar-refractivity contribution is 7.89. The molecule has 0 atom stereocenters. The summed E-state index contributed by atoms with van der Waals surface area (Å²) in [5, 5.41) is 3.96. The predicted octanol–water partition coefficient (Wildman–Crippen LogP) is 3.05. The van der Waals surface area contributed by atoms with E-state index >= 15 is 0 Å². The molecule has 0 fully saturated rings. The molecule has 0 aliphatic rings. The maximum atomic E-state index is 13.2. The summed E-state index contributed by atoms with van der Waals surface area (Å²) in [6.07, 6.45) is 1.40. The quantitative estimate of drug-likeness (QED) is 0.322. The molecule has 1 amide bonds. The van der Waals surface area contributed by atoms with Gasteiger partial charge in [-0.3, -0.25) is 4.79 Å². The number of ether oxygens (including phenoxy) is 3. The average molecular weight is 498 g/mol. The first-order valence-corrected chi connectivity index (χ1v) is 12.0. The van der Waals surface area contributed by atoms with E-state index in [1.807, 2.05) is 18.2 Å². The average Bonchev–Trinajstić information content (AvgIpc) is 2.88. The zero-order chi connectivity index (χ0) is 25.3. The van der Waals surface area contributed by atoms with Gasteiger partial charge in [0.15, 0.2) is 11.5 Å². The minimum atomic E-state index is -3.92. The van der Waals surface area contributed by atoms with E-state index in [4.69, 9.17) is 14.2 Å². The van der Waals surface area contributed by atoms with E-state index in [1.54, 1.807) is 42.5 Å². The Hall–Kier alpha value is -3.89. The van der Waals surface area contributed by atoms with Gasteiger partial charge in [-0.15, -0.1) is 0 Å². The van der Waals surface area contributed by atoms with Crippen LogP contribution in [0.4, 0.5) is 0 Å². The normalized spacial score (nSPS) is 11.4. The van der Waals surface area contributed by atoms with Gasteiger partial charge in [-0.05, 0) is 29.8 Å². The van der Waals surface area contributed by atoms with Gasteiger partial charge in [-0.1, -0.05) is 48.5 Å². The fraction of sp³-hybridized carbons (Fsp3) is 0.200. The molecule has 0 aromatic heterocycles. The fourth-order valence-corrected chi connectivity index (χ4v) is 4.71. The Kier molecular flexibility index (Phi) is 8.82. The molecular weight excluding hydrogens is 470 g/mol. The number of sulfonamides is 1. The van der Waals surface area contributed by atoms with Crippen molar-refractivity contribution in [2.45, 2.75) is 11.4 Å². The molecule has 0 radical (unpaired) electrons. The van der Waals surface area contributed by atoms with Gasteiger partial charge in [-0.2, -0.15) is 9.41 Å². The van der Waals surface area contributed by atoms with Crippen LogP contribution in [0, 0.1) is 0 Å². The van der Waals surface area contributed by atoms with E-state index in [2.05, 4.69) is 10.5 Å². The van der Waals surface area contributed by atoms with Gasteiger partial charge in [-0.25, -0.2) is 13.8 Å². The molecule has 0 bridgehead atoms. The minimum absolute atomic E-state index is 0.0298. The number of nitrogens with one attached hydrogen (secondary N) is 1. The van der Waals surface area contributed by atoms with Crippen molar-refractivity contribution in [3.63, 3.8) is 0 Å². The molecule has 9 nitrogen and oxygen atoms in total. The van der Waals surface area contributed by atoms with Gasteiger partial charge in [0.2, 0.25) is 15.8 Å². The van der Waals surface area contributed by atoms with E-state index in [9.17, 15) is 13.2 Å². The van der Waals surface area contributed by atoms with Crippen molar-refractivity contribution in [1.82, 2.24) is 9.73 Å². The Labute approximate surface area is 205 Å². The summed E-state index contributed by atoms with van der Waals surface area (Å²) in [6, 6.07) is 20.4. The number of rotatable bonds is 11. The van der Waals surface area contributed by atoms with Crippen LogP contribution in [-0.2, 0) is 21.4 Å². The molecular formula is C25H27N3O6S. The number of methoxy groups -OCH3 is 3. The van der Waals surface area contributed by atoms with Crippen LogP contribution in [0.1, 0.15) is 11.1 Å². The van der Waals surface area contributed by atoms with E-state index in [-0.39, 0.29) is 11.4 Å². The van der Waals surface area contributed by atoms with Crippen molar-refractivity contribution in [2.24, 2.45) is 5.10 Å². The Morgan fingerprint density at radius 3 is 2.03 bits per heavy atom. The second-order valence-corrected chi connectivity index (χ2v) is 9.26. The maximum Gasteiger partial charge on any atom is 0.255 e. The van der Waals surface area contributed by atoms with E-state index in [1.165, 1.54) is 39.7 Å². The second-order valence-electron chi connectivity index (χ2n) is 7.32. The van der Waals surface area contributed by atoms with Crippen LogP contribution in [0.2, 0.25) is 0 Å². The largest absolute Gasteiger partial charge is 0.493 e. The van der Waals surface area contributed by atoms with Gasteiger partial charge in [0.1, 0.15) is 0 Å². The number of hydrogen-bond acceptors (Lipinski definition) is 7. The zero-order valence-electron chi connectivity index (χ0n) is 19.7. The lowest BCUT2D eigenvalue weighted by atomic mass is 10.2. The van der Waals surface area contributed by atoms with Gasteiger partial charge in [0, 0.05) is 12.1 Å². The molecule has 0 saturated heterocycles. The van der Waals surface area contributed by atoms with Crippen LogP contribution in [0.5, 0.6) is 17.2 Å². The molecule has 184 valence electrons. The Morgan fingerprint density at radius 1 is 0.914 bits per heavy atom. The lowest BCUT2D eigenvalue weighted by Crippen LogP contribution is -2.39. The lowest BCUT2D eigenvalue weighted by Gasteiger charge is -2.21. The topological polar surface area (TPSA) is 107 Å². The van der Waals surface area contributed by atoms with Crippen molar-refractivity contribution in [2.75, 3.05) is 27.9 Å². The molecule has 3 aromatic carbocycles. The highest BCUT2D eigenvalue weighted by atomic mass is 32.2. The highest BCUT2D eigenvalue weighted by Crippen LogP contribution is 2.37. The summed E-state index contributed by atoms with van der Waals surface area (Å²) in [5.41, 5.74) is 3.72. The van der Waals surface area contributed by atoms with E-state index < -0.39 is 22.5 Å². The highest BCUT2D eigenvalue weighted by Gasteiger charge is 2.26. The first-order valence-electron chi connectivity index (χ1n) is 10.6. The molecule has 3 rings (SSSR count). The van der Waals surface area contributed by atoms with Crippen molar-refractivity contribution in [3.05, 3.63) is 83.9 Å². The number of hydrazone groups is 1. The molecule has 10 heteroatoms. The van der Waals surface area contributed by atoms with Crippen LogP contribution in [0.3, 0.4) is 0 Å². The van der Waals surface area contributed by atoms with Gasteiger partial charge in [0.05, 0.1) is 39.0 Å². The van der Waals surface area contributed by atoms with Crippen LogP contribution < -0.4 is 19.6 Å². The number of benzene rings is 3. The third kappa shape index (κ3) is 6.58. The first kappa shape index (κ1) is 25.7. The molecule has 0 saturated carbocycles. The molecule has 35 heavy (non-hydrogen) atoms. The van der Waals surface area contributed by atoms with Crippen LogP contribution in [-0.4, -0.2) is 52.7 Å². The monoisotopic (exact) mass is 497 g/mol. The maximum absolute atomic E-state index is 13.2. The number of amides is 1. The fourth-order valence-electron chi connectivity index (χ4n) is 3.30. The van der Waals surface area contributed by atoms with E-state index in [0.29, 0.717) is 22.8 Å². The molecule has 1 N–H and O–H groups in total. The zero-order valence-corrected chi connectivity index (χ0v) is 20.5. The van der Waals surface area contributed by atoms with Crippen LogP contribution in [0.25, 0.3) is 0 Å². The van der Waals surface area contributed by atoms with Crippen molar-refractivity contribution in [1.29, 1.82) is 0 Å².